The molecule has 2 aromatic rings. The Bertz CT molecular complexity index is 718. The van der Waals surface area contributed by atoms with Crippen molar-refractivity contribution in [2.24, 2.45) is 0 Å². The van der Waals surface area contributed by atoms with E-state index in [-0.39, 0.29) is 5.91 Å². The molecule has 0 unspecified atom stereocenters. The molecule has 1 aliphatic heterocycles. The highest BCUT2D eigenvalue weighted by Gasteiger charge is 2.14. The molecular weight excluding hydrogens is 328 g/mol. The zero-order valence-electron chi connectivity index (χ0n) is 15.7. The number of anilines is 1. The van der Waals surface area contributed by atoms with E-state index < -0.39 is 0 Å². The quantitative estimate of drug-likeness (QED) is 0.795. The van der Waals surface area contributed by atoms with Crippen molar-refractivity contribution < 1.29 is 9.53 Å². The number of carbonyl (C=O) groups is 1. The minimum Gasteiger partial charge on any atom is -0.497 e. The van der Waals surface area contributed by atoms with E-state index in [9.17, 15) is 4.79 Å². The minimum absolute atomic E-state index is 0.0258. The molecule has 6 heteroatoms. The number of nitrogens with one attached hydrogen (secondary N) is 2. The van der Waals surface area contributed by atoms with E-state index in [1.165, 1.54) is 32.4 Å². The van der Waals surface area contributed by atoms with Crippen molar-refractivity contribution in [1.82, 2.24) is 15.1 Å². The molecule has 0 radical (unpaired) electrons. The Morgan fingerprint density at radius 2 is 1.96 bits per heavy atom. The number of aromatic amines is 1. The summed E-state index contributed by atoms with van der Waals surface area (Å²) in [5, 5.41) is 10.2. The van der Waals surface area contributed by atoms with Crippen molar-refractivity contribution in [3.63, 3.8) is 0 Å². The minimum atomic E-state index is 0.0258. The number of hydrogen-bond donors (Lipinski definition) is 2. The number of piperidine rings is 1. The highest BCUT2D eigenvalue weighted by Crippen LogP contribution is 2.27. The van der Waals surface area contributed by atoms with Crippen molar-refractivity contribution in [3.05, 3.63) is 29.8 Å². The zero-order chi connectivity index (χ0) is 18.4. The molecule has 0 saturated carbocycles. The van der Waals surface area contributed by atoms with Crippen LogP contribution in [0, 0.1) is 6.92 Å². The molecule has 0 spiro atoms. The Morgan fingerprint density at radius 3 is 2.65 bits per heavy atom. The van der Waals surface area contributed by atoms with Crippen molar-refractivity contribution in [3.8, 4) is 17.0 Å². The Kier molecular flexibility index (Phi) is 6.28. The number of benzene rings is 1. The normalized spacial score (nSPS) is 15.0. The number of nitrogens with zero attached hydrogens (tertiary/aromatic N) is 2. The average molecular weight is 356 g/mol. The van der Waals surface area contributed by atoms with Gasteiger partial charge in [0.2, 0.25) is 5.91 Å². The second-order valence-electron chi connectivity index (χ2n) is 6.85. The van der Waals surface area contributed by atoms with Gasteiger partial charge in [0.05, 0.1) is 12.8 Å². The summed E-state index contributed by atoms with van der Waals surface area (Å²) in [5.74, 6) is 1.45. The van der Waals surface area contributed by atoms with Gasteiger partial charge in [0.1, 0.15) is 5.75 Å². The predicted octanol–water partition coefficient (Wildman–Crippen LogP) is 3.60. The predicted molar refractivity (Wildman–Crippen MR) is 103 cm³/mol. The molecule has 1 aromatic carbocycles. The molecule has 6 nitrogen and oxygen atoms in total. The van der Waals surface area contributed by atoms with Gasteiger partial charge in [-0.15, -0.1) is 0 Å². The smallest absolute Gasteiger partial charge is 0.225 e. The monoisotopic (exact) mass is 356 g/mol. The number of rotatable bonds is 7. The first-order valence-corrected chi connectivity index (χ1v) is 9.39. The number of hydrogen-bond acceptors (Lipinski definition) is 4. The number of H-pyrrole nitrogens is 1. The fourth-order valence-corrected chi connectivity index (χ4v) is 3.40. The van der Waals surface area contributed by atoms with E-state index in [0.717, 1.165) is 35.5 Å². The van der Waals surface area contributed by atoms with E-state index in [1.54, 1.807) is 7.11 Å². The lowest BCUT2D eigenvalue weighted by Crippen LogP contribution is -2.31. The summed E-state index contributed by atoms with van der Waals surface area (Å²) in [6.07, 6.45) is 5.33. The molecular formula is C20H28N4O2. The Balaban J connectivity index is 1.52. The first-order chi connectivity index (χ1) is 12.7. The molecule has 2 N–H and O–H groups in total. The Labute approximate surface area is 154 Å². The van der Waals surface area contributed by atoms with Crippen LogP contribution in [0.25, 0.3) is 11.3 Å². The fraction of sp³-hybridized carbons (Fsp3) is 0.500. The van der Waals surface area contributed by atoms with Gasteiger partial charge in [-0.05, 0) is 70.1 Å². The molecule has 1 aliphatic rings. The first kappa shape index (κ1) is 18.5. The molecule has 1 fully saturated rings. The Morgan fingerprint density at radius 1 is 1.23 bits per heavy atom. The zero-order valence-corrected chi connectivity index (χ0v) is 15.7. The van der Waals surface area contributed by atoms with Gasteiger partial charge in [-0.1, -0.05) is 6.42 Å². The summed E-state index contributed by atoms with van der Waals surface area (Å²) >= 11 is 0. The summed E-state index contributed by atoms with van der Waals surface area (Å²) < 4.78 is 5.19. The SMILES string of the molecule is COc1ccc(-c2[nH]nc(NC(=O)CCCN3CCCCC3)c2C)cc1. The molecule has 2 heterocycles. The molecule has 3 rings (SSSR count). The second-order valence-corrected chi connectivity index (χ2v) is 6.85. The number of likely N-dealkylation sites (tertiary alicyclic amines) is 1. The van der Waals surface area contributed by atoms with Gasteiger partial charge >= 0.3 is 0 Å². The van der Waals surface area contributed by atoms with E-state index in [0.29, 0.717) is 12.2 Å². The van der Waals surface area contributed by atoms with E-state index in [2.05, 4.69) is 20.4 Å². The fourth-order valence-electron chi connectivity index (χ4n) is 3.40. The average Bonchev–Trinajstić information content (AvgIpc) is 3.03. The number of amides is 1. The van der Waals surface area contributed by atoms with Crippen LogP contribution in [0.5, 0.6) is 5.75 Å². The van der Waals surface area contributed by atoms with Crippen LogP contribution in [0.2, 0.25) is 0 Å². The lowest BCUT2D eigenvalue weighted by Gasteiger charge is -2.26. The maximum absolute atomic E-state index is 12.2. The molecule has 140 valence electrons. The van der Waals surface area contributed by atoms with Gasteiger partial charge in [-0.25, -0.2) is 0 Å². The van der Waals surface area contributed by atoms with E-state index in [4.69, 9.17) is 4.74 Å². The Hall–Kier alpha value is -2.34. The van der Waals surface area contributed by atoms with Gasteiger partial charge in [0, 0.05) is 17.5 Å². The number of carbonyl (C=O) groups excluding carboxylic acids is 1. The second kappa shape index (κ2) is 8.85. The van der Waals surface area contributed by atoms with Crippen molar-refractivity contribution >= 4 is 11.7 Å². The van der Waals surface area contributed by atoms with Crippen LogP contribution in [-0.2, 0) is 4.79 Å². The highest BCUT2D eigenvalue weighted by molar-refractivity contribution is 5.91. The largest absolute Gasteiger partial charge is 0.497 e. The van der Waals surface area contributed by atoms with Gasteiger partial charge < -0.3 is 15.0 Å². The van der Waals surface area contributed by atoms with E-state index >= 15 is 0 Å². The third-order valence-electron chi connectivity index (χ3n) is 4.97. The van der Waals surface area contributed by atoms with Crippen LogP contribution >= 0.6 is 0 Å². The maximum Gasteiger partial charge on any atom is 0.225 e. The summed E-state index contributed by atoms with van der Waals surface area (Å²) in [6, 6.07) is 7.77. The molecule has 0 aliphatic carbocycles. The van der Waals surface area contributed by atoms with Gasteiger partial charge in [-0.2, -0.15) is 5.10 Å². The summed E-state index contributed by atoms with van der Waals surface area (Å²) in [6.45, 7) is 5.31. The molecule has 1 aromatic heterocycles. The van der Waals surface area contributed by atoms with E-state index in [1.807, 2.05) is 31.2 Å². The van der Waals surface area contributed by atoms with Gasteiger partial charge in [-0.3, -0.25) is 9.89 Å². The molecule has 0 bridgehead atoms. The molecule has 1 saturated heterocycles. The molecule has 1 amide bonds. The van der Waals surface area contributed by atoms with Crippen molar-refractivity contribution in [1.29, 1.82) is 0 Å². The highest BCUT2D eigenvalue weighted by atomic mass is 16.5. The molecule has 26 heavy (non-hydrogen) atoms. The van der Waals surface area contributed by atoms with Crippen LogP contribution in [0.15, 0.2) is 24.3 Å². The van der Waals surface area contributed by atoms with Crippen LogP contribution in [0.3, 0.4) is 0 Å². The first-order valence-electron chi connectivity index (χ1n) is 9.39. The van der Waals surface area contributed by atoms with Crippen molar-refractivity contribution in [2.75, 3.05) is 32.1 Å². The van der Waals surface area contributed by atoms with Crippen LogP contribution < -0.4 is 10.1 Å². The lowest BCUT2D eigenvalue weighted by molar-refractivity contribution is -0.116. The summed E-state index contributed by atoms with van der Waals surface area (Å²) in [4.78, 5) is 14.7. The summed E-state index contributed by atoms with van der Waals surface area (Å²) in [5.41, 5.74) is 2.87. The maximum atomic E-state index is 12.2. The number of aromatic nitrogens is 2. The van der Waals surface area contributed by atoms with Gasteiger partial charge in [0.25, 0.3) is 0 Å². The topological polar surface area (TPSA) is 70.2 Å². The standard InChI is InChI=1S/C20H28N4O2/c1-15-19(16-8-10-17(26-2)11-9-16)22-23-20(15)21-18(25)7-6-14-24-12-4-3-5-13-24/h8-11H,3-7,12-14H2,1-2H3,(H2,21,22,23,25). The van der Waals surface area contributed by atoms with Crippen LogP contribution in [0.1, 0.15) is 37.7 Å². The molecule has 0 atom stereocenters. The third kappa shape index (κ3) is 4.64. The number of ether oxygens (including phenoxy) is 1. The third-order valence-corrected chi connectivity index (χ3v) is 4.97. The lowest BCUT2D eigenvalue weighted by atomic mass is 10.1. The van der Waals surface area contributed by atoms with Gasteiger partial charge in [0.15, 0.2) is 5.82 Å². The van der Waals surface area contributed by atoms with Crippen LogP contribution in [-0.4, -0.2) is 47.7 Å². The summed E-state index contributed by atoms with van der Waals surface area (Å²) in [7, 11) is 1.65. The van der Waals surface area contributed by atoms with Crippen LogP contribution in [0.4, 0.5) is 5.82 Å². The van der Waals surface area contributed by atoms with Crippen molar-refractivity contribution in [2.45, 2.75) is 39.0 Å². The number of methoxy groups -OCH3 is 1.